The molecular formula is C28H28N2O. The second kappa shape index (κ2) is 7.26. The van der Waals surface area contributed by atoms with Gasteiger partial charge < -0.3 is 4.74 Å². The topological polar surface area (TPSA) is 24.8 Å². The Bertz CT molecular complexity index is 1110. The summed E-state index contributed by atoms with van der Waals surface area (Å²) >= 11 is 0. The highest BCUT2D eigenvalue weighted by Crippen LogP contribution is 2.51. The summed E-state index contributed by atoms with van der Waals surface area (Å²) < 4.78 is 6.70. The van der Waals surface area contributed by atoms with Crippen LogP contribution in [0.4, 0.5) is 0 Å². The molecule has 2 aliphatic heterocycles. The maximum atomic E-state index is 6.70. The summed E-state index contributed by atoms with van der Waals surface area (Å²) in [5, 5.41) is 7.53. The molecule has 2 heterocycles. The van der Waals surface area contributed by atoms with Crippen LogP contribution < -0.4 is 4.74 Å². The molecule has 3 heteroatoms. The summed E-state index contributed by atoms with van der Waals surface area (Å²) in [4.78, 5) is 0. The smallest absolute Gasteiger partial charge is 0.198 e. The first-order valence-electron chi connectivity index (χ1n) is 11.5. The van der Waals surface area contributed by atoms with E-state index < -0.39 is 0 Å². The fourth-order valence-electron chi connectivity index (χ4n) is 5.43. The van der Waals surface area contributed by atoms with E-state index in [4.69, 9.17) is 9.84 Å². The molecular weight excluding hydrogens is 380 g/mol. The van der Waals surface area contributed by atoms with Gasteiger partial charge in [0, 0.05) is 24.8 Å². The molecule has 0 saturated heterocycles. The third-order valence-electron chi connectivity index (χ3n) is 7.29. The highest BCUT2D eigenvalue weighted by atomic mass is 16.5. The van der Waals surface area contributed by atoms with E-state index in [-0.39, 0.29) is 11.8 Å². The van der Waals surface area contributed by atoms with E-state index in [1.165, 1.54) is 40.8 Å². The number of nitrogens with zero attached hydrogens (tertiary/aromatic N) is 2. The standard InChI is InChI=1S/C28H28N2O/c1-20-15-17-28(18-16-20)30-26(24-9-5-6-10-27(24)31-28)19-25(29-30)23-13-11-22(12-14-23)21-7-3-2-4-8-21/h2-14,20,26H,15-19H2,1H3/t20?,26-,28?/m0/s1. The summed E-state index contributed by atoms with van der Waals surface area (Å²) in [6.07, 6.45) is 5.41. The van der Waals surface area contributed by atoms with Gasteiger partial charge in [-0.05, 0) is 41.5 Å². The molecule has 1 saturated carbocycles. The van der Waals surface area contributed by atoms with Gasteiger partial charge in [-0.3, -0.25) is 0 Å². The summed E-state index contributed by atoms with van der Waals surface area (Å²) in [5.74, 6) is 1.82. The van der Waals surface area contributed by atoms with E-state index in [1.54, 1.807) is 0 Å². The Kier molecular flexibility index (Phi) is 4.38. The molecule has 0 unspecified atom stereocenters. The van der Waals surface area contributed by atoms with Crippen molar-refractivity contribution >= 4 is 5.71 Å². The molecule has 156 valence electrons. The summed E-state index contributed by atoms with van der Waals surface area (Å²) in [6, 6.07) is 28.3. The summed E-state index contributed by atoms with van der Waals surface area (Å²) in [7, 11) is 0. The van der Waals surface area contributed by atoms with E-state index >= 15 is 0 Å². The first kappa shape index (κ1) is 18.7. The van der Waals surface area contributed by atoms with Gasteiger partial charge in [0.05, 0.1) is 11.8 Å². The number of fused-ring (bicyclic) bond motifs is 4. The van der Waals surface area contributed by atoms with Gasteiger partial charge in [0.2, 0.25) is 0 Å². The average molecular weight is 409 g/mol. The Morgan fingerprint density at radius 3 is 2.23 bits per heavy atom. The van der Waals surface area contributed by atoms with Crippen molar-refractivity contribution in [1.29, 1.82) is 0 Å². The van der Waals surface area contributed by atoms with Crippen molar-refractivity contribution in [3.05, 3.63) is 90.0 Å². The van der Waals surface area contributed by atoms with Crippen molar-refractivity contribution in [2.45, 2.75) is 50.8 Å². The minimum atomic E-state index is -0.294. The molecule has 0 bridgehead atoms. The fraction of sp³-hybridized carbons (Fsp3) is 0.321. The number of hydrogen-bond acceptors (Lipinski definition) is 3. The predicted octanol–water partition coefficient (Wildman–Crippen LogP) is 6.80. The Labute approximate surface area is 184 Å². The van der Waals surface area contributed by atoms with E-state index in [2.05, 4.69) is 90.8 Å². The maximum Gasteiger partial charge on any atom is 0.198 e. The van der Waals surface area contributed by atoms with Crippen molar-refractivity contribution in [2.75, 3.05) is 0 Å². The van der Waals surface area contributed by atoms with Crippen LogP contribution in [0.15, 0.2) is 84.0 Å². The third kappa shape index (κ3) is 3.15. The Balaban J connectivity index is 1.35. The van der Waals surface area contributed by atoms with Crippen molar-refractivity contribution in [3.8, 4) is 16.9 Å². The third-order valence-corrected chi connectivity index (χ3v) is 7.29. The van der Waals surface area contributed by atoms with Crippen LogP contribution >= 0.6 is 0 Å². The van der Waals surface area contributed by atoms with Crippen LogP contribution in [0.1, 0.15) is 56.2 Å². The van der Waals surface area contributed by atoms with Crippen LogP contribution in [0.25, 0.3) is 11.1 Å². The number of hydrazone groups is 1. The van der Waals surface area contributed by atoms with Crippen molar-refractivity contribution in [1.82, 2.24) is 5.01 Å². The Morgan fingerprint density at radius 2 is 1.45 bits per heavy atom. The number of para-hydroxylation sites is 1. The van der Waals surface area contributed by atoms with Crippen molar-refractivity contribution in [3.63, 3.8) is 0 Å². The molecule has 3 aromatic rings. The largest absolute Gasteiger partial charge is 0.466 e. The minimum Gasteiger partial charge on any atom is -0.466 e. The maximum absolute atomic E-state index is 6.70. The number of hydrogen-bond donors (Lipinski definition) is 0. The summed E-state index contributed by atoms with van der Waals surface area (Å²) in [6.45, 7) is 2.36. The Morgan fingerprint density at radius 1 is 0.806 bits per heavy atom. The molecule has 31 heavy (non-hydrogen) atoms. The van der Waals surface area contributed by atoms with Crippen LogP contribution in [-0.4, -0.2) is 16.4 Å². The molecule has 3 nitrogen and oxygen atoms in total. The van der Waals surface area contributed by atoms with E-state index in [0.29, 0.717) is 0 Å². The molecule has 6 rings (SSSR count). The molecule has 1 atom stereocenters. The SMILES string of the molecule is CC1CCC2(CC1)Oc1ccccc1[C@@H]1CC(c3ccc(-c4ccccc4)cc3)=NN12. The molecule has 1 spiro atoms. The highest BCUT2D eigenvalue weighted by Gasteiger charge is 2.51. The number of benzene rings is 3. The van der Waals surface area contributed by atoms with E-state index in [0.717, 1.165) is 30.9 Å². The zero-order chi connectivity index (χ0) is 20.8. The molecule has 3 aromatic carbocycles. The molecule has 1 fully saturated rings. The fourth-order valence-corrected chi connectivity index (χ4v) is 5.43. The van der Waals surface area contributed by atoms with Gasteiger partial charge >= 0.3 is 0 Å². The van der Waals surface area contributed by atoms with Gasteiger partial charge in [0.1, 0.15) is 5.75 Å². The molecule has 3 aliphatic rings. The molecule has 0 radical (unpaired) electrons. The minimum absolute atomic E-state index is 0.266. The lowest BCUT2D eigenvalue weighted by Gasteiger charge is -2.50. The van der Waals surface area contributed by atoms with Gasteiger partial charge in [0.15, 0.2) is 5.72 Å². The van der Waals surface area contributed by atoms with Gasteiger partial charge in [-0.15, -0.1) is 0 Å². The second-order valence-electron chi connectivity index (χ2n) is 9.32. The zero-order valence-electron chi connectivity index (χ0n) is 18.0. The van der Waals surface area contributed by atoms with Gasteiger partial charge in [-0.25, -0.2) is 5.01 Å². The predicted molar refractivity (Wildman–Crippen MR) is 125 cm³/mol. The lowest BCUT2D eigenvalue weighted by atomic mass is 9.82. The molecule has 0 N–H and O–H groups in total. The monoisotopic (exact) mass is 408 g/mol. The van der Waals surface area contributed by atoms with Crippen molar-refractivity contribution in [2.24, 2.45) is 11.0 Å². The van der Waals surface area contributed by atoms with Crippen LogP contribution in [-0.2, 0) is 0 Å². The second-order valence-corrected chi connectivity index (χ2v) is 9.32. The van der Waals surface area contributed by atoms with Crippen LogP contribution in [0.3, 0.4) is 0 Å². The van der Waals surface area contributed by atoms with Gasteiger partial charge in [-0.2, -0.15) is 5.10 Å². The highest BCUT2D eigenvalue weighted by molar-refractivity contribution is 6.02. The molecule has 0 amide bonds. The quantitative estimate of drug-likeness (QED) is 0.466. The summed E-state index contributed by atoms with van der Waals surface area (Å²) in [5.41, 5.74) is 5.85. The van der Waals surface area contributed by atoms with Gasteiger partial charge in [0.25, 0.3) is 0 Å². The lowest BCUT2D eigenvalue weighted by Crippen LogP contribution is -2.55. The normalized spacial score (nSPS) is 26.7. The lowest BCUT2D eigenvalue weighted by molar-refractivity contribution is -0.145. The van der Waals surface area contributed by atoms with Crippen molar-refractivity contribution < 1.29 is 4.74 Å². The van der Waals surface area contributed by atoms with Crippen LogP contribution in [0, 0.1) is 5.92 Å². The molecule has 1 aliphatic carbocycles. The Hall–Kier alpha value is -3.07. The van der Waals surface area contributed by atoms with E-state index in [9.17, 15) is 0 Å². The van der Waals surface area contributed by atoms with E-state index in [1.807, 2.05) is 0 Å². The zero-order valence-corrected chi connectivity index (χ0v) is 18.0. The molecule has 0 aromatic heterocycles. The first-order valence-corrected chi connectivity index (χ1v) is 11.5. The van der Waals surface area contributed by atoms with Gasteiger partial charge in [-0.1, -0.05) is 79.7 Å². The average Bonchev–Trinajstić information content (AvgIpc) is 3.29. The number of ether oxygens (including phenoxy) is 1. The number of rotatable bonds is 2. The van der Waals surface area contributed by atoms with Crippen LogP contribution in [0.5, 0.6) is 5.75 Å². The van der Waals surface area contributed by atoms with Crippen LogP contribution in [0.2, 0.25) is 0 Å². The first-order chi connectivity index (χ1) is 15.2.